The molecule has 0 aliphatic heterocycles. The predicted molar refractivity (Wildman–Crippen MR) is 98.5 cm³/mol. The second-order valence-corrected chi connectivity index (χ2v) is 7.38. The lowest BCUT2D eigenvalue weighted by Crippen LogP contribution is -2.34. The number of aliphatic hydroxyl groups excluding tert-OH is 1. The number of hydrogen-bond donors (Lipinski definition) is 3. The first kappa shape index (κ1) is 19.4. The van der Waals surface area contributed by atoms with Crippen LogP contribution in [-0.4, -0.2) is 34.0 Å². The molecule has 2 atom stereocenters. The van der Waals surface area contributed by atoms with Gasteiger partial charge in [0.15, 0.2) is 0 Å². The SMILES string of the molecule is CCCSC(CCCO)NC(=O)CC(S)Cc1ccccc1. The zero-order valence-electron chi connectivity index (χ0n) is 13.2. The molecule has 0 aromatic heterocycles. The average Bonchev–Trinajstić information content (AvgIpc) is 2.50. The molecule has 22 heavy (non-hydrogen) atoms. The molecule has 0 aliphatic carbocycles. The van der Waals surface area contributed by atoms with Crippen molar-refractivity contribution in [3.8, 4) is 0 Å². The minimum absolute atomic E-state index is 0.0251. The Morgan fingerprint density at radius 1 is 1.36 bits per heavy atom. The van der Waals surface area contributed by atoms with Crippen LogP contribution in [0.1, 0.15) is 38.2 Å². The maximum absolute atomic E-state index is 12.1. The minimum atomic E-state index is 0.0251. The molecule has 0 heterocycles. The van der Waals surface area contributed by atoms with E-state index in [2.05, 4.69) is 37.0 Å². The fraction of sp³-hybridized carbons (Fsp3) is 0.588. The second-order valence-electron chi connectivity index (χ2n) is 5.34. The number of amides is 1. The van der Waals surface area contributed by atoms with Crippen molar-refractivity contribution in [2.45, 2.75) is 49.7 Å². The van der Waals surface area contributed by atoms with Gasteiger partial charge < -0.3 is 10.4 Å². The summed E-state index contributed by atoms with van der Waals surface area (Å²) in [7, 11) is 0. The molecule has 0 aliphatic rings. The Morgan fingerprint density at radius 3 is 2.73 bits per heavy atom. The lowest BCUT2D eigenvalue weighted by atomic mass is 10.1. The van der Waals surface area contributed by atoms with Crippen molar-refractivity contribution in [2.24, 2.45) is 0 Å². The van der Waals surface area contributed by atoms with Gasteiger partial charge in [-0.1, -0.05) is 37.3 Å². The summed E-state index contributed by atoms with van der Waals surface area (Å²) in [6.45, 7) is 2.30. The largest absolute Gasteiger partial charge is 0.396 e. The Labute approximate surface area is 143 Å². The summed E-state index contributed by atoms with van der Waals surface area (Å²) in [5, 5.41) is 12.1. The van der Waals surface area contributed by atoms with Gasteiger partial charge in [-0.2, -0.15) is 12.6 Å². The third-order valence-corrected chi connectivity index (χ3v) is 4.97. The van der Waals surface area contributed by atoms with E-state index in [1.54, 1.807) is 11.8 Å². The third kappa shape index (κ3) is 8.71. The zero-order chi connectivity index (χ0) is 16.2. The summed E-state index contributed by atoms with van der Waals surface area (Å²) in [5.41, 5.74) is 1.20. The van der Waals surface area contributed by atoms with Gasteiger partial charge in [0, 0.05) is 18.3 Å². The maximum atomic E-state index is 12.1. The number of rotatable bonds is 11. The molecule has 2 N–H and O–H groups in total. The fourth-order valence-corrected chi connectivity index (χ4v) is 3.59. The van der Waals surface area contributed by atoms with Crippen LogP contribution >= 0.6 is 24.4 Å². The van der Waals surface area contributed by atoms with Crippen LogP contribution in [0.4, 0.5) is 0 Å². The van der Waals surface area contributed by atoms with E-state index in [1.807, 2.05) is 18.2 Å². The van der Waals surface area contributed by atoms with Gasteiger partial charge in [-0.25, -0.2) is 0 Å². The molecule has 3 nitrogen and oxygen atoms in total. The summed E-state index contributed by atoms with van der Waals surface area (Å²) in [6, 6.07) is 10.1. The van der Waals surface area contributed by atoms with Crippen molar-refractivity contribution < 1.29 is 9.90 Å². The first-order chi connectivity index (χ1) is 10.7. The van der Waals surface area contributed by atoms with Crippen LogP contribution in [0, 0.1) is 0 Å². The molecule has 0 saturated carbocycles. The number of carbonyl (C=O) groups is 1. The van der Waals surface area contributed by atoms with Crippen LogP contribution in [-0.2, 0) is 11.2 Å². The maximum Gasteiger partial charge on any atom is 0.221 e. The van der Waals surface area contributed by atoms with Gasteiger partial charge in [0.25, 0.3) is 0 Å². The monoisotopic (exact) mass is 341 g/mol. The van der Waals surface area contributed by atoms with E-state index in [0.29, 0.717) is 6.42 Å². The van der Waals surface area contributed by atoms with Gasteiger partial charge in [-0.3, -0.25) is 4.79 Å². The van der Waals surface area contributed by atoms with Gasteiger partial charge in [0.1, 0.15) is 0 Å². The Morgan fingerprint density at radius 2 is 2.09 bits per heavy atom. The number of nitrogens with one attached hydrogen (secondary N) is 1. The molecule has 1 rings (SSSR count). The highest BCUT2D eigenvalue weighted by molar-refractivity contribution is 7.99. The summed E-state index contributed by atoms with van der Waals surface area (Å²) in [4.78, 5) is 12.1. The molecular weight excluding hydrogens is 314 g/mol. The van der Waals surface area contributed by atoms with Crippen molar-refractivity contribution in [3.05, 3.63) is 35.9 Å². The minimum Gasteiger partial charge on any atom is -0.396 e. The van der Waals surface area contributed by atoms with Gasteiger partial charge in [-0.05, 0) is 37.0 Å². The molecule has 0 radical (unpaired) electrons. The molecule has 5 heteroatoms. The number of thiol groups is 1. The standard InChI is InChI=1S/C17H27NO2S2/c1-2-11-22-17(9-6-10-19)18-16(20)13-15(21)12-14-7-4-3-5-8-14/h3-5,7-8,15,17,19,21H,2,6,9-13H2,1H3,(H,18,20). The normalized spacial score (nSPS) is 13.6. The topological polar surface area (TPSA) is 49.3 Å². The van der Waals surface area contributed by atoms with E-state index < -0.39 is 0 Å². The predicted octanol–water partition coefficient (Wildman–Crippen LogP) is 3.28. The average molecular weight is 342 g/mol. The van der Waals surface area contributed by atoms with Crippen LogP contribution in [0.2, 0.25) is 0 Å². The summed E-state index contributed by atoms with van der Waals surface area (Å²) < 4.78 is 0. The van der Waals surface area contributed by atoms with Gasteiger partial charge in [0.05, 0.1) is 5.37 Å². The van der Waals surface area contributed by atoms with Gasteiger partial charge in [-0.15, -0.1) is 11.8 Å². The highest BCUT2D eigenvalue weighted by Crippen LogP contribution is 2.16. The number of hydrogen-bond acceptors (Lipinski definition) is 4. The summed E-state index contributed by atoms with van der Waals surface area (Å²) >= 11 is 6.29. The van der Waals surface area contributed by atoms with E-state index >= 15 is 0 Å². The number of benzene rings is 1. The van der Waals surface area contributed by atoms with Crippen molar-refractivity contribution in [2.75, 3.05) is 12.4 Å². The molecule has 1 aromatic rings. The first-order valence-corrected chi connectivity index (χ1v) is 9.46. The summed E-state index contributed by atoms with van der Waals surface area (Å²) in [5.74, 6) is 1.06. The Bertz CT molecular complexity index is 406. The quantitative estimate of drug-likeness (QED) is 0.428. The lowest BCUT2D eigenvalue weighted by Gasteiger charge is -2.19. The number of carbonyl (C=O) groups excluding carboxylic acids is 1. The molecule has 0 bridgehead atoms. The van der Waals surface area contributed by atoms with Crippen molar-refractivity contribution in [1.29, 1.82) is 0 Å². The number of thioether (sulfide) groups is 1. The van der Waals surface area contributed by atoms with Crippen molar-refractivity contribution >= 4 is 30.3 Å². The molecular formula is C17H27NO2S2. The van der Waals surface area contributed by atoms with Gasteiger partial charge in [0.2, 0.25) is 5.91 Å². The number of aliphatic hydroxyl groups is 1. The Hall–Kier alpha value is -0.650. The van der Waals surface area contributed by atoms with Crippen molar-refractivity contribution in [1.82, 2.24) is 5.32 Å². The third-order valence-electron chi connectivity index (χ3n) is 3.20. The van der Waals surface area contributed by atoms with E-state index in [-0.39, 0.29) is 23.1 Å². The van der Waals surface area contributed by atoms with Crippen LogP contribution in [0.15, 0.2) is 30.3 Å². The van der Waals surface area contributed by atoms with Gasteiger partial charge >= 0.3 is 0 Å². The van der Waals surface area contributed by atoms with Crippen LogP contribution in [0.5, 0.6) is 0 Å². The highest BCUT2D eigenvalue weighted by atomic mass is 32.2. The highest BCUT2D eigenvalue weighted by Gasteiger charge is 2.15. The Kier molecular flexibility index (Phi) is 10.5. The lowest BCUT2D eigenvalue weighted by molar-refractivity contribution is -0.121. The fourth-order valence-electron chi connectivity index (χ4n) is 2.14. The van der Waals surface area contributed by atoms with Crippen LogP contribution in [0.3, 0.4) is 0 Å². The summed E-state index contributed by atoms with van der Waals surface area (Å²) in [6.07, 6.45) is 3.82. The van der Waals surface area contributed by atoms with E-state index in [4.69, 9.17) is 5.11 Å². The zero-order valence-corrected chi connectivity index (χ0v) is 14.9. The van der Waals surface area contributed by atoms with Crippen LogP contribution < -0.4 is 5.32 Å². The molecule has 0 spiro atoms. The van der Waals surface area contributed by atoms with E-state index in [9.17, 15) is 4.79 Å². The van der Waals surface area contributed by atoms with Crippen LogP contribution in [0.25, 0.3) is 0 Å². The first-order valence-electron chi connectivity index (χ1n) is 7.89. The van der Waals surface area contributed by atoms with Crippen molar-refractivity contribution in [3.63, 3.8) is 0 Å². The Balaban J connectivity index is 2.37. The molecule has 1 amide bonds. The molecule has 0 saturated heterocycles. The smallest absolute Gasteiger partial charge is 0.221 e. The second kappa shape index (κ2) is 11.9. The molecule has 0 fully saturated rings. The molecule has 124 valence electrons. The van der Waals surface area contributed by atoms with E-state index in [1.165, 1.54) is 5.56 Å². The van der Waals surface area contributed by atoms with E-state index in [0.717, 1.165) is 31.4 Å². The molecule has 1 aromatic carbocycles. The molecule has 2 unspecified atom stereocenters.